The van der Waals surface area contributed by atoms with E-state index in [0.717, 1.165) is 25.1 Å². The summed E-state index contributed by atoms with van der Waals surface area (Å²) in [7, 11) is 0. The molecule has 1 aromatic carbocycles. The van der Waals surface area contributed by atoms with Gasteiger partial charge in [0.15, 0.2) is 0 Å². The van der Waals surface area contributed by atoms with Gasteiger partial charge in [0.2, 0.25) is 0 Å². The molecule has 1 aromatic rings. The van der Waals surface area contributed by atoms with Gasteiger partial charge in [-0.15, -0.1) is 0 Å². The first kappa shape index (κ1) is 10.9. The van der Waals surface area contributed by atoms with Gasteiger partial charge in [-0.1, -0.05) is 12.1 Å². The van der Waals surface area contributed by atoms with Gasteiger partial charge in [-0.05, 0) is 32.3 Å². The SMILES string of the molecule is CC1CCCCN1c1ccccc1[N+](=O)[O-]. The van der Waals surface area contributed by atoms with E-state index in [1.165, 1.54) is 6.42 Å². The van der Waals surface area contributed by atoms with Crippen molar-refractivity contribution in [1.29, 1.82) is 0 Å². The lowest BCUT2D eigenvalue weighted by Crippen LogP contribution is -2.37. The number of anilines is 1. The maximum Gasteiger partial charge on any atom is 0.292 e. The second-order valence-corrected chi connectivity index (χ2v) is 4.28. The normalized spacial score (nSPS) is 20.8. The Kier molecular flexibility index (Phi) is 3.08. The van der Waals surface area contributed by atoms with Gasteiger partial charge in [-0.2, -0.15) is 0 Å². The molecule has 0 N–H and O–H groups in total. The third-order valence-corrected chi connectivity index (χ3v) is 3.19. The summed E-state index contributed by atoms with van der Waals surface area (Å²) in [6.07, 6.45) is 3.46. The Balaban J connectivity index is 2.34. The van der Waals surface area contributed by atoms with Crippen molar-refractivity contribution < 1.29 is 4.92 Å². The minimum atomic E-state index is -0.295. The molecule has 1 aliphatic rings. The van der Waals surface area contributed by atoms with Crippen LogP contribution in [0.15, 0.2) is 24.3 Å². The highest BCUT2D eigenvalue weighted by Gasteiger charge is 2.24. The number of hydrogen-bond donors (Lipinski definition) is 0. The smallest absolute Gasteiger partial charge is 0.292 e. The van der Waals surface area contributed by atoms with E-state index in [0.29, 0.717) is 6.04 Å². The molecule has 0 aromatic heterocycles. The molecular weight excluding hydrogens is 204 g/mol. The van der Waals surface area contributed by atoms with E-state index in [4.69, 9.17) is 0 Å². The van der Waals surface area contributed by atoms with Crippen molar-refractivity contribution in [2.24, 2.45) is 0 Å². The topological polar surface area (TPSA) is 46.4 Å². The van der Waals surface area contributed by atoms with E-state index in [1.54, 1.807) is 12.1 Å². The minimum absolute atomic E-state index is 0.219. The molecule has 0 amide bonds. The Bertz CT molecular complexity index is 392. The third-order valence-electron chi connectivity index (χ3n) is 3.19. The van der Waals surface area contributed by atoms with Crippen LogP contribution in [0.5, 0.6) is 0 Å². The maximum absolute atomic E-state index is 10.9. The van der Waals surface area contributed by atoms with Crippen LogP contribution in [0.3, 0.4) is 0 Å². The zero-order valence-electron chi connectivity index (χ0n) is 9.43. The van der Waals surface area contributed by atoms with Crippen molar-refractivity contribution in [1.82, 2.24) is 0 Å². The van der Waals surface area contributed by atoms with Gasteiger partial charge in [-0.25, -0.2) is 0 Å². The standard InChI is InChI=1S/C12H16N2O2/c1-10-6-4-5-9-13(10)11-7-2-3-8-12(11)14(15)16/h2-3,7-8,10H,4-6,9H2,1H3. The molecule has 1 fully saturated rings. The first-order chi connectivity index (χ1) is 7.70. The van der Waals surface area contributed by atoms with Crippen molar-refractivity contribution in [2.75, 3.05) is 11.4 Å². The first-order valence-electron chi connectivity index (χ1n) is 5.70. The van der Waals surface area contributed by atoms with Gasteiger partial charge < -0.3 is 4.90 Å². The summed E-state index contributed by atoms with van der Waals surface area (Å²) in [5, 5.41) is 10.9. The van der Waals surface area contributed by atoms with Gasteiger partial charge in [0.1, 0.15) is 5.69 Å². The summed E-state index contributed by atoms with van der Waals surface area (Å²) in [5.41, 5.74) is 0.982. The van der Waals surface area contributed by atoms with Crippen molar-refractivity contribution in [2.45, 2.75) is 32.2 Å². The van der Waals surface area contributed by atoms with E-state index in [1.807, 2.05) is 12.1 Å². The highest BCUT2D eigenvalue weighted by atomic mass is 16.6. The van der Waals surface area contributed by atoms with Crippen LogP contribution in [0, 0.1) is 10.1 Å². The van der Waals surface area contributed by atoms with E-state index in [9.17, 15) is 10.1 Å². The van der Waals surface area contributed by atoms with Gasteiger partial charge in [0.25, 0.3) is 5.69 Å². The fourth-order valence-electron chi connectivity index (χ4n) is 2.32. The second-order valence-electron chi connectivity index (χ2n) is 4.28. The number of nitro benzene ring substituents is 1. The molecule has 1 atom stereocenters. The molecule has 4 nitrogen and oxygen atoms in total. The average Bonchev–Trinajstić information content (AvgIpc) is 2.29. The Morgan fingerprint density at radius 2 is 2.12 bits per heavy atom. The van der Waals surface area contributed by atoms with Gasteiger partial charge >= 0.3 is 0 Å². The molecule has 1 aliphatic heterocycles. The summed E-state index contributed by atoms with van der Waals surface area (Å²) in [6.45, 7) is 3.06. The molecular formula is C12H16N2O2. The minimum Gasteiger partial charge on any atom is -0.363 e. The molecule has 1 saturated heterocycles. The second kappa shape index (κ2) is 4.51. The lowest BCUT2D eigenvalue weighted by Gasteiger charge is -2.34. The van der Waals surface area contributed by atoms with E-state index < -0.39 is 0 Å². The summed E-state index contributed by atoms with van der Waals surface area (Å²) in [6, 6.07) is 7.41. The largest absolute Gasteiger partial charge is 0.363 e. The number of hydrogen-bond acceptors (Lipinski definition) is 3. The van der Waals surface area contributed by atoms with Gasteiger partial charge in [-0.3, -0.25) is 10.1 Å². The number of nitro groups is 1. The summed E-state index contributed by atoms with van der Waals surface area (Å²) >= 11 is 0. The molecule has 2 rings (SSSR count). The van der Waals surface area contributed by atoms with Crippen molar-refractivity contribution in [3.8, 4) is 0 Å². The predicted molar refractivity (Wildman–Crippen MR) is 63.8 cm³/mol. The lowest BCUT2D eigenvalue weighted by molar-refractivity contribution is -0.384. The summed E-state index contributed by atoms with van der Waals surface area (Å²) < 4.78 is 0. The van der Waals surface area contributed by atoms with Gasteiger partial charge in [0.05, 0.1) is 4.92 Å². The first-order valence-corrected chi connectivity index (χ1v) is 5.70. The highest BCUT2D eigenvalue weighted by molar-refractivity contribution is 5.63. The quantitative estimate of drug-likeness (QED) is 0.568. The van der Waals surface area contributed by atoms with Crippen LogP contribution < -0.4 is 4.90 Å². The average molecular weight is 220 g/mol. The zero-order valence-corrected chi connectivity index (χ0v) is 9.43. The van der Waals surface area contributed by atoms with Crippen LogP contribution >= 0.6 is 0 Å². The Morgan fingerprint density at radius 1 is 1.38 bits per heavy atom. The van der Waals surface area contributed by atoms with Crippen molar-refractivity contribution >= 4 is 11.4 Å². The van der Waals surface area contributed by atoms with Crippen LogP contribution in [0.25, 0.3) is 0 Å². The Hall–Kier alpha value is -1.58. The predicted octanol–water partition coefficient (Wildman–Crippen LogP) is 2.97. The molecule has 86 valence electrons. The van der Waals surface area contributed by atoms with Gasteiger partial charge in [0, 0.05) is 18.7 Å². The molecule has 0 radical (unpaired) electrons. The molecule has 0 saturated carbocycles. The summed E-state index contributed by atoms with van der Waals surface area (Å²) in [4.78, 5) is 12.8. The fourth-order valence-corrected chi connectivity index (χ4v) is 2.32. The van der Waals surface area contributed by atoms with E-state index >= 15 is 0 Å². The van der Waals surface area contributed by atoms with Crippen molar-refractivity contribution in [3.63, 3.8) is 0 Å². The number of para-hydroxylation sites is 2. The molecule has 1 heterocycles. The molecule has 0 aliphatic carbocycles. The lowest BCUT2D eigenvalue weighted by atomic mass is 10.0. The van der Waals surface area contributed by atoms with Crippen LogP contribution in [0.4, 0.5) is 11.4 Å². The molecule has 4 heteroatoms. The zero-order chi connectivity index (χ0) is 11.5. The molecule has 0 bridgehead atoms. The van der Waals surface area contributed by atoms with Crippen LogP contribution in [-0.4, -0.2) is 17.5 Å². The highest BCUT2D eigenvalue weighted by Crippen LogP contribution is 2.32. The van der Waals surface area contributed by atoms with E-state index in [-0.39, 0.29) is 10.6 Å². The number of rotatable bonds is 2. The molecule has 1 unspecified atom stereocenters. The number of nitrogens with zero attached hydrogens (tertiary/aromatic N) is 2. The van der Waals surface area contributed by atoms with E-state index in [2.05, 4.69) is 11.8 Å². The van der Waals surface area contributed by atoms with Crippen LogP contribution in [0.2, 0.25) is 0 Å². The third kappa shape index (κ3) is 2.01. The van der Waals surface area contributed by atoms with Crippen LogP contribution in [0.1, 0.15) is 26.2 Å². The fraction of sp³-hybridized carbons (Fsp3) is 0.500. The molecule has 0 spiro atoms. The maximum atomic E-state index is 10.9. The number of benzene rings is 1. The van der Waals surface area contributed by atoms with Crippen LogP contribution in [-0.2, 0) is 0 Å². The Morgan fingerprint density at radius 3 is 2.81 bits per heavy atom. The monoisotopic (exact) mass is 220 g/mol. The summed E-state index contributed by atoms with van der Waals surface area (Å²) in [5.74, 6) is 0. The van der Waals surface area contributed by atoms with Crippen molar-refractivity contribution in [3.05, 3.63) is 34.4 Å². The Labute approximate surface area is 95.0 Å². The number of piperidine rings is 1. The molecule has 16 heavy (non-hydrogen) atoms.